The second-order valence-corrected chi connectivity index (χ2v) is 5.82. The second kappa shape index (κ2) is 6.86. The molecule has 128 valence electrons. The lowest BCUT2D eigenvalue weighted by atomic mass is 10.1. The zero-order valence-corrected chi connectivity index (χ0v) is 13.5. The number of amides is 1. The molecule has 0 spiro atoms. The normalized spacial score (nSPS) is 15.2. The maximum atomic E-state index is 12.3. The Morgan fingerprint density at radius 2 is 2.16 bits per heavy atom. The summed E-state index contributed by atoms with van der Waals surface area (Å²) in [7, 11) is 0. The van der Waals surface area contributed by atoms with Crippen LogP contribution in [0.5, 0.6) is 0 Å². The van der Waals surface area contributed by atoms with E-state index < -0.39 is 0 Å². The maximum Gasteiger partial charge on any atom is 0.277 e. The number of hydrogen-bond donors (Lipinski definition) is 1. The molecule has 8 heteroatoms. The number of nitrogens with one attached hydrogen (secondary N) is 1. The van der Waals surface area contributed by atoms with Crippen LogP contribution in [0.15, 0.2) is 47.5 Å². The van der Waals surface area contributed by atoms with Crippen molar-refractivity contribution >= 4 is 11.6 Å². The number of nitrogens with zero attached hydrogens (tertiary/aromatic N) is 4. The highest BCUT2D eigenvalue weighted by atomic mass is 16.5. The number of ether oxygens (including phenoxy) is 1. The average Bonchev–Trinajstić information content (AvgIpc) is 3.33. The van der Waals surface area contributed by atoms with Gasteiger partial charge in [0.1, 0.15) is 0 Å². The summed E-state index contributed by atoms with van der Waals surface area (Å²) in [6.45, 7) is 1.48. The first-order valence-corrected chi connectivity index (χ1v) is 8.10. The molecule has 1 aliphatic heterocycles. The van der Waals surface area contributed by atoms with Crippen LogP contribution in [0, 0.1) is 0 Å². The first-order chi connectivity index (χ1) is 12.3. The zero-order chi connectivity index (χ0) is 17.1. The Hall–Kier alpha value is -3.00. The largest absolute Gasteiger partial charge is 0.381 e. The Bertz CT molecular complexity index is 852. The van der Waals surface area contributed by atoms with Crippen molar-refractivity contribution in [2.75, 3.05) is 18.5 Å². The molecule has 0 bridgehead atoms. The maximum absolute atomic E-state index is 12.3. The van der Waals surface area contributed by atoms with E-state index in [4.69, 9.17) is 9.26 Å². The molecule has 4 rings (SSSR count). The van der Waals surface area contributed by atoms with Crippen molar-refractivity contribution in [1.29, 1.82) is 0 Å². The van der Waals surface area contributed by atoms with Gasteiger partial charge in [-0.15, -0.1) is 0 Å². The Morgan fingerprint density at radius 3 is 2.96 bits per heavy atom. The van der Waals surface area contributed by atoms with Crippen molar-refractivity contribution in [2.45, 2.75) is 18.9 Å². The van der Waals surface area contributed by atoms with Gasteiger partial charge in [-0.2, -0.15) is 5.10 Å². The Labute approximate surface area is 143 Å². The van der Waals surface area contributed by atoms with Gasteiger partial charge in [0.25, 0.3) is 5.91 Å². The molecule has 0 saturated carbocycles. The summed E-state index contributed by atoms with van der Waals surface area (Å²) < 4.78 is 12.5. The van der Waals surface area contributed by atoms with Gasteiger partial charge in [-0.05, 0) is 25.0 Å². The van der Waals surface area contributed by atoms with Gasteiger partial charge >= 0.3 is 0 Å². The minimum absolute atomic E-state index is 0.206. The van der Waals surface area contributed by atoms with Crippen molar-refractivity contribution in [3.8, 4) is 11.3 Å². The zero-order valence-electron chi connectivity index (χ0n) is 13.5. The summed E-state index contributed by atoms with van der Waals surface area (Å²) in [5.74, 6) is 0.154. The van der Waals surface area contributed by atoms with E-state index in [1.54, 1.807) is 30.7 Å². The van der Waals surface area contributed by atoms with E-state index >= 15 is 0 Å². The minimum Gasteiger partial charge on any atom is -0.381 e. The summed E-state index contributed by atoms with van der Waals surface area (Å²) in [5.41, 5.74) is 1.60. The number of carbonyl (C=O) groups is 1. The SMILES string of the molecule is O=C(Nc1cnn(C2CCOCC2)c1)c1cc(-c2cccnc2)on1. The molecule has 8 nitrogen and oxygen atoms in total. The van der Waals surface area contributed by atoms with Crippen molar-refractivity contribution in [1.82, 2.24) is 19.9 Å². The fourth-order valence-electron chi connectivity index (χ4n) is 2.77. The molecule has 1 amide bonds. The molecule has 1 aliphatic rings. The van der Waals surface area contributed by atoms with Gasteiger partial charge in [0.2, 0.25) is 0 Å². The fraction of sp³-hybridized carbons (Fsp3) is 0.294. The highest BCUT2D eigenvalue weighted by Gasteiger charge is 2.18. The standard InChI is InChI=1S/C17H17N5O3/c23-17(15-8-16(25-21-15)12-2-1-5-18-9-12)20-13-10-19-22(11-13)14-3-6-24-7-4-14/h1-2,5,8-11,14H,3-4,6-7H2,(H,20,23). The van der Waals surface area contributed by atoms with Gasteiger partial charge in [0, 0.05) is 43.4 Å². The van der Waals surface area contributed by atoms with Crippen LogP contribution in [0.2, 0.25) is 0 Å². The van der Waals surface area contributed by atoms with Gasteiger partial charge in [-0.3, -0.25) is 14.5 Å². The van der Waals surface area contributed by atoms with Gasteiger partial charge in [0.15, 0.2) is 11.5 Å². The van der Waals surface area contributed by atoms with Crippen molar-refractivity contribution in [2.24, 2.45) is 0 Å². The fourth-order valence-corrected chi connectivity index (χ4v) is 2.77. The van der Waals surface area contributed by atoms with Crippen molar-refractivity contribution in [3.05, 3.63) is 48.7 Å². The van der Waals surface area contributed by atoms with E-state index in [0.29, 0.717) is 17.5 Å². The van der Waals surface area contributed by atoms with E-state index in [0.717, 1.165) is 31.6 Å². The molecule has 0 aliphatic carbocycles. The highest BCUT2D eigenvalue weighted by Crippen LogP contribution is 2.22. The second-order valence-electron chi connectivity index (χ2n) is 5.82. The van der Waals surface area contributed by atoms with Crippen LogP contribution in [0.4, 0.5) is 5.69 Å². The van der Waals surface area contributed by atoms with Crippen molar-refractivity contribution in [3.63, 3.8) is 0 Å². The molecule has 1 saturated heterocycles. The third-order valence-corrected chi connectivity index (χ3v) is 4.11. The lowest BCUT2D eigenvalue weighted by Crippen LogP contribution is -2.19. The van der Waals surface area contributed by atoms with Gasteiger partial charge in [-0.1, -0.05) is 5.16 Å². The van der Waals surface area contributed by atoms with Gasteiger partial charge in [-0.25, -0.2) is 0 Å². The number of carbonyl (C=O) groups excluding carboxylic acids is 1. The third kappa shape index (κ3) is 3.43. The number of hydrogen-bond acceptors (Lipinski definition) is 6. The van der Waals surface area contributed by atoms with Crippen LogP contribution in [-0.4, -0.2) is 39.0 Å². The summed E-state index contributed by atoms with van der Waals surface area (Å²) in [5, 5.41) is 11.0. The number of anilines is 1. The van der Waals surface area contributed by atoms with Crippen LogP contribution in [-0.2, 0) is 4.74 Å². The smallest absolute Gasteiger partial charge is 0.277 e. The third-order valence-electron chi connectivity index (χ3n) is 4.11. The Balaban J connectivity index is 1.44. The molecule has 1 fully saturated rings. The molecular weight excluding hydrogens is 322 g/mol. The lowest BCUT2D eigenvalue weighted by Gasteiger charge is -2.22. The number of pyridine rings is 1. The minimum atomic E-state index is -0.342. The predicted octanol–water partition coefficient (Wildman–Crippen LogP) is 2.54. The predicted molar refractivity (Wildman–Crippen MR) is 89.0 cm³/mol. The van der Waals surface area contributed by atoms with E-state index in [1.807, 2.05) is 16.9 Å². The first-order valence-electron chi connectivity index (χ1n) is 8.10. The summed E-state index contributed by atoms with van der Waals surface area (Å²) >= 11 is 0. The van der Waals surface area contributed by atoms with Gasteiger partial charge < -0.3 is 14.6 Å². The molecule has 3 aromatic heterocycles. The number of aromatic nitrogens is 4. The van der Waals surface area contributed by atoms with Crippen LogP contribution >= 0.6 is 0 Å². The first kappa shape index (κ1) is 15.5. The summed E-state index contributed by atoms with van der Waals surface area (Å²) in [6, 6.07) is 5.54. The van der Waals surface area contributed by atoms with E-state index in [9.17, 15) is 4.79 Å². The Kier molecular flexibility index (Phi) is 4.26. The van der Waals surface area contributed by atoms with Gasteiger partial charge in [0.05, 0.1) is 17.9 Å². The molecular formula is C17H17N5O3. The molecule has 4 heterocycles. The lowest BCUT2D eigenvalue weighted by molar-refractivity contribution is 0.0662. The quantitative estimate of drug-likeness (QED) is 0.785. The highest BCUT2D eigenvalue weighted by molar-refractivity contribution is 6.03. The van der Waals surface area contributed by atoms with E-state index in [1.165, 1.54) is 0 Å². The molecule has 0 aromatic carbocycles. The molecule has 3 aromatic rings. The molecule has 0 radical (unpaired) electrons. The van der Waals surface area contributed by atoms with Crippen molar-refractivity contribution < 1.29 is 14.1 Å². The van der Waals surface area contributed by atoms with E-state index in [-0.39, 0.29) is 11.6 Å². The average molecular weight is 339 g/mol. The van der Waals surface area contributed by atoms with Crippen LogP contribution in [0.3, 0.4) is 0 Å². The topological polar surface area (TPSA) is 95.1 Å². The van der Waals surface area contributed by atoms with Crippen LogP contribution in [0.1, 0.15) is 29.4 Å². The molecule has 0 unspecified atom stereocenters. The number of rotatable bonds is 4. The summed E-state index contributed by atoms with van der Waals surface area (Å²) in [4.78, 5) is 16.4. The monoisotopic (exact) mass is 339 g/mol. The summed E-state index contributed by atoms with van der Waals surface area (Å²) in [6.07, 6.45) is 8.63. The molecule has 25 heavy (non-hydrogen) atoms. The van der Waals surface area contributed by atoms with E-state index in [2.05, 4.69) is 20.6 Å². The van der Waals surface area contributed by atoms with Crippen LogP contribution in [0.25, 0.3) is 11.3 Å². The molecule has 1 N–H and O–H groups in total. The van der Waals surface area contributed by atoms with Crippen LogP contribution < -0.4 is 5.32 Å². The Morgan fingerprint density at radius 1 is 1.28 bits per heavy atom. The molecule has 0 atom stereocenters.